The van der Waals surface area contributed by atoms with Gasteiger partial charge in [0.25, 0.3) is 6.01 Å². The van der Waals surface area contributed by atoms with E-state index in [4.69, 9.17) is 10.2 Å². The molecule has 0 aliphatic heterocycles. The Kier molecular flexibility index (Phi) is 2.25. The summed E-state index contributed by atoms with van der Waals surface area (Å²) in [6.45, 7) is 0. The van der Waals surface area contributed by atoms with Gasteiger partial charge in [-0.1, -0.05) is 15.9 Å². The molecule has 72 valence electrons. The second-order valence-electron chi connectivity index (χ2n) is 2.69. The Hall–Kier alpha value is -1.36. The van der Waals surface area contributed by atoms with Crippen molar-refractivity contribution in [1.82, 2.24) is 4.98 Å². The van der Waals surface area contributed by atoms with E-state index in [2.05, 4.69) is 20.9 Å². The molecule has 2 N–H and O–H groups in total. The van der Waals surface area contributed by atoms with E-state index in [0.717, 1.165) is 0 Å². The van der Waals surface area contributed by atoms with E-state index in [1.807, 2.05) is 0 Å². The lowest BCUT2D eigenvalue weighted by molar-refractivity contribution is 0.579. The second-order valence-corrected chi connectivity index (χ2v) is 3.60. The van der Waals surface area contributed by atoms with Crippen molar-refractivity contribution < 1.29 is 8.81 Å². The van der Waals surface area contributed by atoms with E-state index in [1.165, 1.54) is 12.3 Å². The van der Waals surface area contributed by atoms with E-state index in [9.17, 15) is 4.39 Å². The summed E-state index contributed by atoms with van der Waals surface area (Å²) in [5.41, 5.74) is 5.63. The van der Waals surface area contributed by atoms with Crippen LogP contribution in [0.4, 0.5) is 10.4 Å². The van der Waals surface area contributed by atoms with Crippen molar-refractivity contribution in [3.63, 3.8) is 0 Å². The summed E-state index contributed by atoms with van der Waals surface area (Å²) in [5.74, 6) is -0.0528. The molecule has 1 heterocycles. The van der Waals surface area contributed by atoms with Crippen molar-refractivity contribution in [2.75, 3.05) is 5.73 Å². The molecule has 0 spiro atoms. The normalized spacial score (nSPS) is 10.4. The van der Waals surface area contributed by atoms with Crippen LogP contribution in [-0.4, -0.2) is 4.98 Å². The van der Waals surface area contributed by atoms with Crippen LogP contribution < -0.4 is 5.73 Å². The summed E-state index contributed by atoms with van der Waals surface area (Å²) in [6.07, 6.45) is 1.39. The van der Waals surface area contributed by atoms with E-state index in [0.29, 0.717) is 15.8 Å². The fourth-order valence-electron chi connectivity index (χ4n) is 1.10. The van der Waals surface area contributed by atoms with Gasteiger partial charge in [-0.2, -0.15) is 0 Å². The zero-order valence-corrected chi connectivity index (χ0v) is 8.58. The maximum absolute atomic E-state index is 13.4. The number of nitrogens with zero attached hydrogens (tertiary/aromatic N) is 1. The Balaban J connectivity index is 2.52. The molecule has 0 bridgehead atoms. The molecular formula is C9H6BrFN2O. The number of oxazole rings is 1. The molecule has 0 aliphatic carbocycles. The fraction of sp³-hybridized carbons (Fsp3) is 0. The highest BCUT2D eigenvalue weighted by Gasteiger charge is 2.09. The molecule has 1 aromatic carbocycles. The van der Waals surface area contributed by atoms with Crippen LogP contribution in [0.25, 0.3) is 11.3 Å². The minimum Gasteiger partial charge on any atom is -0.424 e. The molecule has 0 atom stereocenters. The molecule has 2 rings (SSSR count). The van der Waals surface area contributed by atoms with Crippen molar-refractivity contribution >= 4 is 21.9 Å². The van der Waals surface area contributed by atoms with Crippen LogP contribution in [0.15, 0.2) is 33.3 Å². The summed E-state index contributed by atoms with van der Waals surface area (Å²) < 4.78 is 19.1. The van der Waals surface area contributed by atoms with Gasteiger partial charge in [-0.25, -0.2) is 9.37 Å². The Labute approximate surface area is 87.9 Å². The Morgan fingerprint density at radius 3 is 2.79 bits per heavy atom. The van der Waals surface area contributed by atoms with Crippen molar-refractivity contribution in [3.8, 4) is 11.3 Å². The molecular weight excluding hydrogens is 251 g/mol. The van der Waals surface area contributed by atoms with Gasteiger partial charge in [-0.3, -0.25) is 0 Å². The van der Waals surface area contributed by atoms with Gasteiger partial charge in [-0.15, -0.1) is 0 Å². The van der Waals surface area contributed by atoms with Gasteiger partial charge in [-0.05, 0) is 18.2 Å². The van der Waals surface area contributed by atoms with Crippen LogP contribution in [0, 0.1) is 5.82 Å². The number of hydrogen-bond acceptors (Lipinski definition) is 3. The van der Waals surface area contributed by atoms with Crippen molar-refractivity contribution in [1.29, 1.82) is 0 Å². The minimum absolute atomic E-state index is 0.0299. The van der Waals surface area contributed by atoms with Crippen LogP contribution >= 0.6 is 15.9 Å². The van der Waals surface area contributed by atoms with Crippen LogP contribution in [-0.2, 0) is 0 Å². The number of nitrogens with two attached hydrogens (primary N) is 1. The smallest absolute Gasteiger partial charge is 0.292 e. The zero-order valence-electron chi connectivity index (χ0n) is 7.00. The lowest BCUT2D eigenvalue weighted by atomic mass is 10.2. The topological polar surface area (TPSA) is 52.0 Å². The molecule has 2 aromatic rings. The SMILES string of the molecule is Nc1ncc(-c2ccc(Br)cc2F)o1. The first-order valence-electron chi connectivity index (χ1n) is 3.83. The maximum atomic E-state index is 13.4. The standard InChI is InChI=1S/C9H6BrFN2O/c10-5-1-2-6(7(11)3-5)8-4-13-9(12)14-8/h1-4H,(H2,12,13). The summed E-state index contributed by atoms with van der Waals surface area (Å²) in [4.78, 5) is 3.69. The third-order valence-electron chi connectivity index (χ3n) is 1.72. The lowest BCUT2D eigenvalue weighted by Crippen LogP contribution is -1.82. The van der Waals surface area contributed by atoms with Crippen LogP contribution in [0.5, 0.6) is 0 Å². The van der Waals surface area contributed by atoms with E-state index >= 15 is 0 Å². The predicted octanol–water partition coefficient (Wildman–Crippen LogP) is 2.83. The molecule has 5 heteroatoms. The van der Waals surface area contributed by atoms with Gasteiger partial charge in [0.2, 0.25) is 0 Å². The van der Waals surface area contributed by atoms with Gasteiger partial charge in [0.05, 0.1) is 11.8 Å². The average Bonchev–Trinajstić information content (AvgIpc) is 2.51. The third kappa shape index (κ3) is 1.63. The molecule has 14 heavy (non-hydrogen) atoms. The maximum Gasteiger partial charge on any atom is 0.292 e. The summed E-state index contributed by atoms with van der Waals surface area (Å²) >= 11 is 3.16. The zero-order chi connectivity index (χ0) is 10.1. The highest BCUT2D eigenvalue weighted by molar-refractivity contribution is 9.10. The highest BCUT2D eigenvalue weighted by atomic mass is 79.9. The van der Waals surface area contributed by atoms with Crippen LogP contribution in [0.3, 0.4) is 0 Å². The number of halogens is 2. The van der Waals surface area contributed by atoms with Gasteiger partial charge >= 0.3 is 0 Å². The number of anilines is 1. The van der Waals surface area contributed by atoms with Crippen molar-refractivity contribution in [3.05, 3.63) is 34.7 Å². The van der Waals surface area contributed by atoms with Crippen LogP contribution in [0.2, 0.25) is 0 Å². The quantitative estimate of drug-likeness (QED) is 0.854. The Bertz CT molecular complexity index is 470. The second kappa shape index (κ2) is 3.42. The number of aromatic nitrogens is 1. The highest BCUT2D eigenvalue weighted by Crippen LogP contribution is 2.26. The summed E-state index contributed by atoms with van der Waals surface area (Å²) in [5, 5.41) is 0. The summed E-state index contributed by atoms with van der Waals surface area (Å²) in [7, 11) is 0. The molecule has 0 aliphatic rings. The van der Waals surface area contributed by atoms with Crippen molar-refractivity contribution in [2.24, 2.45) is 0 Å². The first-order chi connectivity index (χ1) is 6.66. The molecule has 0 amide bonds. The van der Waals surface area contributed by atoms with Gasteiger partial charge < -0.3 is 10.2 Å². The Morgan fingerprint density at radius 2 is 2.21 bits per heavy atom. The summed E-state index contributed by atoms with van der Waals surface area (Å²) in [6, 6.07) is 4.70. The Morgan fingerprint density at radius 1 is 1.43 bits per heavy atom. The van der Waals surface area contributed by atoms with Gasteiger partial charge in [0, 0.05) is 4.47 Å². The molecule has 0 saturated heterocycles. The molecule has 0 unspecified atom stereocenters. The lowest BCUT2D eigenvalue weighted by Gasteiger charge is -1.98. The van der Waals surface area contributed by atoms with E-state index in [-0.39, 0.29) is 11.8 Å². The largest absolute Gasteiger partial charge is 0.424 e. The van der Waals surface area contributed by atoms with Gasteiger partial charge in [0.15, 0.2) is 5.76 Å². The van der Waals surface area contributed by atoms with Crippen molar-refractivity contribution in [2.45, 2.75) is 0 Å². The first-order valence-corrected chi connectivity index (χ1v) is 4.63. The average molecular weight is 257 g/mol. The van der Waals surface area contributed by atoms with E-state index in [1.54, 1.807) is 12.1 Å². The number of hydrogen-bond donors (Lipinski definition) is 1. The first kappa shape index (κ1) is 9.21. The number of nitrogen functional groups attached to an aromatic ring is 1. The number of rotatable bonds is 1. The fourth-order valence-corrected chi connectivity index (χ4v) is 1.43. The van der Waals surface area contributed by atoms with Gasteiger partial charge in [0.1, 0.15) is 5.82 Å². The molecule has 3 nitrogen and oxygen atoms in total. The molecule has 0 saturated carbocycles. The monoisotopic (exact) mass is 256 g/mol. The molecule has 0 fully saturated rings. The predicted molar refractivity (Wildman–Crippen MR) is 54.0 cm³/mol. The molecule has 0 radical (unpaired) electrons. The van der Waals surface area contributed by atoms with E-state index < -0.39 is 0 Å². The third-order valence-corrected chi connectivity index (χ3v) is 2.21. The molecule has 1 aromatic heterocycles. The minimum atomic E-state index is -0.379. The number of benzene rings is 1. The van der Waals surface area contributed by atoms with Crippen LogP contribution in [0.1, 0.15) is 0 Å².